The zero-order valence-electron chi connectivity index (χ0n) is 32.1. The third-order valence-electron chi connectivity index (χ3n) is 10.0. The van der Waals surface area contributed by atoms with E-state index < -0.39 is 39.7 Å². The fourth-order valence-electron chi connectivity index (χ4n) is 6.88. The van der Waals surface area contributed by atoms with Gasteiger partial charge in [-0.2, -0.15) is 4.72 Å². The molecule has 1 unspecified atom stereocenters. The second-order valence-corrected chi connectivity index (χ2v) is 16.3. The van der Waals surface area contributed by atoms with Crippen LogP contribution in [0.5, 0.6) is 0 Å². The van der Waals surface area contributed by atoms with Crippen LogP contribution in [0.4, 0.5) is 0 Å². The molecule has 3 aliphatic heterocycles. The summed E-state index contributed by atoms with van der Waals surface area (Å²) >= 11 is 0. The van der Waals surface area contributed by atoms with E-state index in [0.29, 0.717) is 54.0 Å². The molecule has 6 bridgehead atoms. The Kier molecular flexibility index (Phi) is 14.0. The quantitative estimate of drug-likeness (QED) is 0.0999. The number of carbonyl (C=O) groups excluding carboxylic acids is 4. The maximum Gasteiger partial charge on any atom is 0.243 e. The van der Waals surface area contributed by atoms with Crippen molar-refractivity contribution in [2.24, 2.45) is 5.73 Å². The number of nitrogens with zero attached hydrogens (tertiary/aromatic N) is 2. The first kappa shape index (κ1) is 41.7. The van der Waals surface area contributed by atoms with Crippen molar-refractivity contribution in [3.05, 3.63) is 142 Å². The molecule has 304 valence electrons. The van der Waals surface area contributed by atoms with Gasteiger partial charge in [-0.1, -0.05) is 103 Å². The Morgan fingerprint density at radius 1 is 0.741 bits per heavy atom. The number of rotatable bonds is 8. The van der Waals surface area contributed by atoms with Crippen LogP contribution in [0.2, 0.25) is 0 Å². The van der Waals surface area contributed by atoms with Gasteiger partial charge in [0.05, 0.1) is 18.8 Å². The monoisotopic (exact) mass is 807 g/mol. The summed E-state index contributed by atoms with van der Waals surface area (Å²) in [5.74, 6) is -2.09. The van der Waals surface area contributed by atoms with Crippen LogP contribution in [0.3, 0.4) is 0 Å². The van der Waals surface area contributed by atoms with Gasteiger partial charge >= 0.3 is 0 Å². The maximum absolute atomic E-state index is 14.4. The van der Waals surface area contributed by atoms with E-state index in [1.54, 1.807) is 78.9 Å². The van der Waals surface area contributed by atoms with Crippen molar-refractivity contribution in [1.29, 1.82) is 5.41 Å². The molecule has 4 amide bonds. The minimum atomic E-state index is -4.12. The molecule has 4 aromatic rings. The number of nitrogens with one attached hydrogen (secondary N) is 6. The molecule has 4 aromatic carbocycles. The number of hydrogen-bond donors (Lipinski definition) is 7. The summed E-state index contributed by atoms with van der Waals surface area (Å²) in [6.07, 6.45) is 0.0441. The van der Waals surface area contributed by atoms with Gasteiger partial charge < -0.3 is 27.0 Å². The Bertz CT molecular complexity index is 2210. The van der Waals surface area contributed by atoms with Crippen molar-refractivity contribution in [3.63, 3.8) is 0 Å². The summed E-state index contributed by atoms with van der Waals surface area (Å²) in [5.41, 5.74) is 9.83. The molecule has 1 saturated heterocycles. The van der Waals surface area contributed by atoms with Crippen molar-refractivity contribution in [1.82, 2.24) is 35.8 Å². The highest BCUT2D eigenvalue weighted by molar-refractivity contribution is 7.88. The predicted octanol–water partition coefficient (Wildman–Crippen LogP) is 1.04. The van der Waals surface area contributed by atoms with Gasteiger partial charge in [0.25, 0.3) is 0 Å². The third kappa shape index (κ3) is 12.3. The van der Waals surface area contributed by atoms with Crippen LogP contribution >= 0.6 is 0 Å². The summed E-state index contributed by atoms with van der Waals surface area (Å²) in [5, 5.41) is 19.3. The Hall–Kier alpha value is -5.94. The number of piperazine rings is 1. The molecule has 0 aromatic heterocycles. The first-order chi connectivity index (χ1) is 27.9. The average Bonchev–Trinajstić information content (AvgIpc) is 3.21. The second kappa shape index (κ2) is 19.5. The SMILES string of the molecule is N=C(N)c1ccc(CNC(=O)[C@@H]2Cc3cccc(c3)CNC(=O)CN3CCN(CC3)CC(=O)NCc3cccc(c3)C(NS(=O)(=O)Cc3ccccc3)C(=O)N2)cc1. The molecule has 0 spiro atoms. The van der Waals surface area contributed by atoms with E-state index in [1.807, 2.05) is 29.2 Å². The van der Waals surface area contributed by atoms with Gasteiger partial charge in [0.1, 0.15) is 17.9 Å². The molecule has 0 radical (unpaired) electrons. The fraction of sp³-hybridized carbons (Fsp3) is 0.310. The lowest BCUT2D eigenvalue weighted by molar-refractivity contribution is -0.130. The van der Waals surface area contributed by atoms with Crippen LogP contribution in [0.25, 0.3) is 0 Å². The topological polar surface area (TPSA) is 219 Å². The standard InChI is InChI=1S/C42H49N9O6S/c43-40(44)34-14-12-29(13-15-34)23-47-41(54)36-22-31-8-4-9-32(20-31)24-45-37(52)26-50-16-18-51(19-17-50)27-38(53)46-25-33-10-5-11-35(21-33)39(42(55)48-36)49-58(56,57)28-30-6-2-1-3-7-30/h1-15,20-21,36,39,49H,16-19,22-28H2,(H3,43,44)(H,45,52)(H,46,53)(H,47,54)(H,48,55)/t36-,39?/m0/s1. The average molecular weight is 808 g/mol. The molecule has 15 nitrogen and oxygen atoms in total. The van der Waals surface area contributed by atoms with Gasteiger partial charge in [-0.3, -0.25) is 34.4 Å². The minimum absolute atomic E-state index is 0.0441. The number of sulfonamides is 1. The van der Waals surface area contributed by atoms with Crippen molar-refractivity contribution >= 4 is 39.5 Å². The summed E-state index contributed by atoms with van der Waals surface area (Å²) in [4.78, 5) is 58.4. The predicted molar refractivity (Wildman–Crippen MR) is 219 cm³/mol. The van der Waals surface area contributed by atoms with E-state index in [-0.39, 0.29) is 56.8 Å². The lowest BCUT2D eigenvalue weighted by Gasteiger charge is -2.33. The molecule has 7 rings (SSSR count). The number of benzene rings is 4. The van der Waals surface area contributed by atoms with E-state index >= 15 is 0 Å². The normalized spacial score (nSPS) is 20.9. The fourth-order valence-corrected chi connectivity index (χ4v) is 8.19. The van der Waals surface area contributed by atoms with Crippen molar-refractivity contribution in [3.8, 4) is 0 Å². The van der Waals surface area contributed by atoms with Crippen LogP contribution in [-0.2, 0) is 61.0 Å². The second-order valence-electron chi connectivity index (χ2n) is 14.6. The van der Waals surface area contributed by atoms with E-state index in [0.717, 1.165) is 11.1 Å². The first-order valence-corrected chi connectivity index (χ1v) is 20.7. The Morgan fingerprint density at radius 2 is 1.33 bits per heavy atom. The molecule has 0 saturated carbocycles. The molecule has 3 aliphatic rings. The van der Waals surface area contributed by atoms with E-state index in [4.69, 9.17) is 11.1 Å². The van der Waals surface area contributed by atoms with Crippen LogP contribution < -0.4 is 31.7 Å². The smallest absolute Gasteiger partial charge is 0.243 e. The van der Waals surface area contributed by atoms with Crippen molar-refractivity contribution < 1.29 is 27.6 Å². The maximum atomic E-state index is 14.4. The zero-order valence-corrected chi connectivity index (χ0v) is 32.9. The van der Waals surface area contributed by atoms with Gasteiger partial charge in [0, 0.05) is 57.8 Å². The van der Waals surface area contributed by atoms with Gasteiger partial charge in [-0.15, -0.1) is 0 Å². The van der Waals surface area contributed by atoms with Gasteiger partial charge in [-0.25, -0.2) is 8.42 Å². The Balaban J connectivity index is 1.31. The summed E-state index contributed by atoms with van der Waals surface area (Å²) in [6.45, 7) is 3.39. The number of hydrogen-bond acceptors (Lipinski definition) is 9. The number of carbonyl (C=O) groups is 4. The highest BCUT2D eigenvalue weighted by atomic mass is 32.2. The van der Waals surface area contributed by atoms with Gasteiger partial charge in [0.15, 0.2) is 0 Å². The van der Waals surface area contributed by atoms with Crippen LogP contribution in [0.15, 0.2) is 103 Å². The molecule has 3 heterocycles. The molecule has 0 aliphatic carbocycles. The summed E-state index contributed by atoms with van der Waals surface area (Å²) in [6, 6.07) is 26.9. The lowest BCUT2D eigenvalue weighted by atomic mass is 10.0. The van der Waals surface area contributed by atoms with Gasteiger partial charge in [0.2, 0.25) is 33.7 Å². The molecular formula is C42H49N9O6S. The molecule has 16 heteroatoms. The van der Waals surface area contributed by atoms with E-state index in [1.165, 1.54) is 0 Å². The third-order valence-corrected chi connectivity index (χ3v) is 11.3. The molecule has 2 atom stereocenters. The van der Waals surface area contributed by atoms with Crippen LogP contribution in [-0.4, -0.2) is 93.0 Å². The Labute approximate surface area is 338 Å². The number of nitrogen functional groups attached to an aromatic ring is 1. The highest BCUT2D eigenvalue weighted by Gasteiger charge is 2.31. The van der Waals surface area contributed by atoms with E-state index in [9.17, 15) is 27.6 Å². The van der Waals surface area contributed by atoms with Crippen molar-refractivity contribution in [2.45, 2.75) is 43.9 Å². The molecular weight excluding hydrogens is 759 g/mol. The summed E-state index contributed by atoms with van der Waals surface area (Å²) < 4.78 is 29.9. The molecule has 58 heavy (non-hydrogen) atoms. The molecule has 1 fully saturated rings. The summed E-state index contributed by atoms with van der Waals surface area (Å²) in [7, 11) is -4.12. The highest BCUT2D eigenvalue weighted by Crippen LogP contribution is 2.20. The zero-order chi connectivity index (χ0) is 41.1. The minimum Gasteiger partial charge on any atom is -0.384 e. The van der Waals surface area contributed by atoms with E-state index in [2.05, 4.69) is 30.9 Å². The first-order valence-electron chi connectivity index (χ1n) is 19.1. The number of amidine groups is 1. The lowest BCUT2D eigenvalue weighted by Crippen LogP contribution is -2.51. The number of amides is 4. The van der Waals surface area contributed by atoms with Crippen LogP contribution in [0, 0.1) is 5.41 Å². The van der Waals surface area contributed by atoms with Crippen LogP contribution in [0.1, 0.15) is 45.0 Å². The van der Waals surface area contributed by atoms with Crippen molar-refractivity contribution in [2.75, 3.05) is 39.3 Å². The Morgan fingerprint density at radius 3 is 1.95 bits per heavy atom. The number of fused-ring (bicyclic) bond motifs is 12. The largest absolute Gasteiger partial charge is 0.384 e. The number of nitrogens with two attached hydrogens (primary N) is 1. The molecule has 8 N–H and O–H groups in total. The van der Waals surface area contributed by atoms with Gasteiger partial charge in [-0.05, 0) is 33.4 Å².